The van der Waals surface area contributed by atoms with Gasteiger partial charge in [0.2, 0.25) is 0 Å². The van der Waals surface area contributed by atoms with Crippen LogP contribution < -0.4 is 11.1 Å². The van der Waals surface area contributed by atoms with E-state index in [-0.39, 0.29) is 0 Å². The van der Waals surface area contributed by atoms with Crippen LogP contribution in [0.1, 0.15) is 71.1 Å². The topological polar surface area (TPSA) is 51.6 Å². The van der Waals surface area contributed by atoms with Crippen LogP contribution in [0.3, 0.4) is 0 Å². The Kier molecular flexibility index (Phi) is 12.7. The summed E-state index contributed by atoms with van der Waals surface area (Å²) in [6.45, 7) is 2.27. The summed E-state index contributed by atoms with van der Waals surface area (Å²) in [6, 6.07) is 0. The molecule has 0 unspecified atom stereocenters. The van der Waals surface area contributed by atoms with Gasteiger partial charge in [-0.3, -0.25) is 11.1 Å². The number of thioether (sulfide) groups is 1. The van der Waals surface area contributed by atoms with Crippen LogP contribution in [0.4, 0.5) is 0 Å². The number of unbranched alkanes of at least 4 members (excludes halogenated alkanes) is 9. The van der Waals surface area contributed by atoms with Crippen LogP contribution in [0.5, 0.6) is 0 Å². The van der Waals surface area contributed by atoms with E-state index in [1.807, 2.05) is 0 Å². The quantitative estimate of drug-likeness (QED) is 0.334. The Morgan fingerprint density at radius 3 is 1.75 bits per heavy atom. The highest BCUT2D eigenvalue weighted by molar-refractivity contribution is 8.13. The SMILES string of the molecule is CCCCCCCCCCCCSC(N)=[NH2+]. The Balaban J connectivity index is 2.90. The summed E-state index contributed by atoms with van der Waals surface area (Å²) < 4.78 is 0. The van der Waals surface area contributed by atoms with E-state index in [1.54, 1.807) is 11.8 Å². The van der Waals surface area contributed by atoms with E-state index in [4.69, 9.17) is 11.1 Å². The molecular formula is C13H29N2S+. The van der Waals surface area contributed by atoms with E-state index >= 15 is 0 Å². The molecule has 0 aliphatic rings. The predicted octanol–water partition coefficient (Wildman–Crippen LogP) is 2.71. The summed E-state index contributed by atoms with van der Waals surface area (Å²) in [7, 11) is 0. The van der Waals surface area contributed by atoms with Crippen molar-refractivity contribution in [3.63, 3.8) is 0 Å². The summed E-state index contributed by atoms with van der Waals surface area (Å²) >= 11 is 1.58. The third-order valence-corrected chi connectivity index (χ3v) is 3.59. The van der Waals surface area contributed by atoms with Crippen molar-refractivity contribution >= 4 is 16.9 Å². The molecule has 0 saturated carbocycles. The molecule has 0 spiro atoms. The zero-order valence-electron chi connectivity index (χ0n) is 10.8. The summed E-state index contributed by atoms with van der Waals surface area (Å²) in [5.41, 5.74) is 5.37. The zero-order chi connectivity index (χ0) is 12.1. The number of amidine groups is 1. The van der Waals surface area contributed by atoms with Gasteiger partial charge in [0.1, 0.15) is 0 Å². The second kappa shape index (κ2) is 12.9. The highest BCUT2D eigenvalue weighted by atomic mass is 32.2. The first-order valence-corrected chi connectivity index (χ1v) is 7.76. The maximum Gasteiger partial charge on any atom is 0.299 e. The van der Waals surface area contributed by atoms with Crippen molar-refractivity contribution in [1.82, 2.24) is 0 Å². The molecule has 0 rings (SSSR count). The third-order valence-electron chi connectivity index (χ3n) is 2.77. The van der Waals surface area contributed by atoms with E-state index < -0.39 is 0 Å². The van der Waals surface area contributed by atoms with Gasteiger partial charge in [0.15, 0.2) is 0 Å². The average molecular weight is 245 g/mol. The molecule has 96 valence electrons. The molecule has 0 amide bonds. The van der Waals surface area contributed by atoms with Crippen molar-refractivity contribution in [3.05, 3.63) is 0 Å². The monoisotopic (exact) mass is 245 g/mol. The first-order chi connectivity index (χ1) is 7.77. The van der Waals surface area contributed by atoms with Crippen LogP contribution in [0.2, 0.25) is 0 Å². The Hall–Kier alpha value is -0.180. The minimum atomic E-state index is 0.510. The lowest BCUT2D eigenvalue weighted by Gasteiger charge is -2.01. The lowest BCUT2D eigenvalue weighted by molar-refractivity contribution is -0.110. The minimum Gasteiger partial charge on any atom is -0.282 e. The normalized spacial score (nSPS) is 10.6. The molecule has 0 aromatic rings. The van der Waals surface area contributed by atoms with Gasteiger partial charge in [-0.05, 0) is 18.2 Å². The zero-order valence-corrected chi connectivity index (χ0v) is 11.7. The molecule has 16 heavy (non-hydrogen) atoms. The lowest BCUT2D eigenvalue weighted by Crippen LogP contribution is -2.43. The molecule has 0 aromatic carbocycles. The fourth-order valence-electron chi connectivity index (χ4n) is 1.78. The van der Waals surface area contributed by atoms with Crippen molar-refractivity contribution in [3.8, 4) is 0 Å². The first-order valence-electron chi connectivity index (χ1n) is 6.78. The van der Waals surface area contributed by atoms with Gasteiger partial charge in [0.25, 0.3) is 5.17 Å². The van der Waals surface area contributed by atoms with E-state index in [2.05, 4.69) is 6.92 Å². The van der Waals surface area contributed by atoms with Gasteiger partial charge in [0, 0.05) is 5.75 Å². The Morgan fingerprint density at radius 2 is 1.31 bits per heavy atom. The molecule has 0 saturated heterocycles. The van der Waals surface area contributed by atoms with E-state index in [9.17, 15) is 0 Å². The van der Waals surface area contributed by atoms with Crippen LogP contribution in [0, 0.1) is 0 Å². The van der Waals surface area contributed by atoms with Gasteiger partial charge in [-0.25, -0.2) is 0 Å². The molecule has 3 heteroatoms. The summed E-state index contributed by atoms with van der Waals surface area (Å²) in [5, 5.41) is 5.88. The fourth-order valence-corrected chi connectivity index (χ4v) is 2.36. The lowest BCUT2D eigenvalue weighted by atomic mass is 10.1. The number of nitrogens with two attached hydrogens (primary N) is 2. The maximum atomic E-state index is 5.37. The third kappa shape index (κ3) is 13.8. The van der Waals surface area contributed by atoms with Crippen molar-refractivity contribution < 1.29 is 5.41 Å². The van der Waals surface area contributed by atoms with Crippen LogP contribution in [0.25, 0.3) is 0 Å². The van der Waals surface area contributed by atoms with Gasteiger partial charge in [-0.2, -0.15) is 0 Å². The fraction of sp³-hybridized carbons (Fsp3) is 0.923. The second-order valence-corrected chi connectivity index (χ2v) is 5.60. The maximum absolute atomic E-state index is 5.37. The molecule has 0 aliphatic heterocycles. The number of rotatable bonds is 11. The molecule has 2 nitrogen and oxygen atoms in total. The van der Waals surface area contributed by atoms with Crippen LogP contribution in [-0.2, 0) is 0 Å². The van der Waals surface area contributed by atoms with E-state index in [0.717, 1.165) is 5.75 Å². The van der Waals surface area contributed by atoms with Gasteiger partial charge in [-0.15, -0.1) is 0 Å². The first kappa shape index (κ1) is 15.8. The highest BCUT2D eigenvalue weighted by Gasteiger charge is 1.96. The van der Waals surface area contributed by atoms with Crippen LogP contribution >= 0.6 is 11.8 Å². The molecule has 4 N–H and O–H groups in total. The van der Waals surface area contributed by atoms with Crippen molar-refractivity contribution in [1.29, 1.82) is 0 Å². The smallest absolute Gasteiger partial charge is 0.282 e. The Labute approximate surface area is 105 Å². The average Bonchev–Trinajstić information content (AvgIpc) is 2.25. The van der Waals surface area contributed by atoms with Crippen molar-refractivity contribution in [2.24, 2.45) is 5.73 Å². The molecule has 0 bridgehead atoms. The molecule has 0 aliphatic carbocycles. The van der Waals surface area contributed by atoms with Crippen LogP contribution in [-0.4, -0.2) is 10.9 Å². The van der Waals surface area contributed by atoms with Gasteiger partial charge >= 0.3 is 0 Å². The molecule has 0 heterocycles. The van der Waals surface area contributed by atoms with Crippen molar-refractivity contribution in [2.75, 3.05) is 5.75 Å². The summed E-state index contributed by atoms with van der Waals surface area (Å²) in [4.78, 5) is 0. The summed E-state index contributed by atoms with van der Waals surface area (Å²) in [5.74, 6) is 1.08. The van der Waals surface area contributed by atoms with Gasteiger partial charge in [-0.1, -0.05) is 64.7 Å². The number of hydrogen-bond acceptors (Lipinski definition) is 1. The predicted molar refractivity (Wildman–Crippen MR) is 75.4 cm³/mol. The Morgan fingerprint density at radius 1 is 0.875 bits per heavy atom. The highest BCUT2D eigenvalue weighted by Crippen LogP contribution is 2.11. The molecule has 0 atom stereocenters. The number of hydrogen-bond donors (Lipinski definition) is 2. The minimum absolute atomic E-state index is 0.510. The van der Waals surface area contributed by atoms with Gasteiger partial charge in [0.05, 0.1) is 0 Å². The molecule has 0 fully saturated rings. The van der Waals surface area contributed by atoms with Crippen molar-refractivity contribution in [2.45, 2.75) is 71.1 Å². The standard InChI is InChI=1S/C13H28N2S/c1-2-3-4-5-6-7-8-9-10-11-12-16-13(14)15/h2-12H2,1H3,(H3,14,15)/p+1. The Bertz CT molecular complexity index is 160. The summed E-state index contributed by atoms with van der Waals surface area (Å²) in [6.07, 6.45) is 13.8. The van der Waals surface area contributed by atoms with E-state index in [0.29, 0.717) is 5.17 Å². The van der Waals surface area contributed by atoms with Gasteiger partial charge < -0.3 is 0 Å². The molecule has 0 radical (unpaired) electrons. The second-order valence-electron chi connectivity index (χ2n) is 4.43. The van der Waals surface area contributed by atoms with Crippen LogP contribution in [0.15, 0.2) is 0 Å². The molecule has 0 aromatic heterocycles. The largest absolute Gasteiger partial charge is 0.299 e. The van der Waals surface area contributed by atoms with E-state index in [1.165, 1.54) is 64.2 Å². The molecular weight excluding hydrogens is 216 g/mol.